The Hall–Kier alpha value is -3.33. The Morgan fingerprint density at radius 2 is 1.65 bits per heavy atom. The number of hydrogen-bond acceptors (Lipinski definition) is 6. The number of benzene rings is 2. The largest absolute Gasteiger partial charge is 0.514 e. The van der Waals surface area contributed by atoms with Crippen LogP contribution in [0.4, 0.5) is 4.79 Å². The third-order valence-electron chi connectivity index (χ3n) is 3.29. The smallest absolute Gasteiger partial charge is 0.428 e. The lowest BCUT2D eigenvalue weighted by Crippen LogP contribution is -2.26. The summed E-state index contributed by atoms with van der Waals surface area (Å²) in [7, 11) is 0. The Bertz CT molecular complexity index is 860. The average Bonchev–Trinajstić information content (AvgIpc) is 2.54. The fourth-order valence-corrected chi connectivity index (χ4v) is 2.15. The molecular formula is C20H19NO5. The summed E-state index contributed by atoms with van der Waals surface area (Å²) in [5.74, 6) is -0.427. The molecule has 6 heteroatoms. The molecule has 0 aliphatic heterocycles. The summed E-state index contributed by atoms with van der Waals surface area (Å²) in [5.41, 5.74) is -0.113. The van der Waals surface area contributed by atoms with Gasteiger partial charge in [0, 0.05) is 0 Å². The molecular weight excluding hydrogens is 334 g/mol. The molecule has 0 spiro atoms. The van der Waals surface area contributed by atoms with Gasteiger partial charge in [0.05, 0.1) is 11.6 Å². The highest BCUT2D eigenvalue weighted by Crippen LogP contribution is 2.27. The van der Waals surface area contributed by atoms with Crippen molar-refractivity contribution in [3.8, 4) is 17.6 Å². The minimum atomic E-state index is -0.949. The quantitative estimate of drug-likeness (QED) is 0.462. The molecule has 0 aromatic heterocycles. The van der Waals surface area contributed by atoms with E-state index < -0.39 is 17.7 Å². The molecule has 0 unspecified atom stereocenters. The summed E-state index contributed by atoms with van der Waals surface area (Å²) in [6, 6.07) is 13.3. The van der Waals surface area contributed by atoms with Crippen molar-refractivity contribution < 1.29 is 23.8 Å². The molecule has 0 radical (unpaired) electrons. The van der Waals surface area contributed by atoms with E-state index in [4.69, 9.17) is 14.2 Å². The highest BCUT2D eigenvalue weighted by atomic mass is 16.7. The van der Waals surface area contributed by atoms with E-state index in [2.05, 4.69) is 0 Å². The van der Waals surface area contributed by atoms with Crippen LogP contribution < -0.4 is 9.47 Å². The number of rotatable bonds is 3. The average molecular weight is 353 g/mol. The predicted octanol–water partition coefficient (Wildman–Crippen LogP) is 4.40. The number of esters is 1. The number of carbonyl (C=O) groups excluding carboxylic acids is 2. The number of nitriles is 1. The number of para-hydroxylation sites is 1. The molecule has 2 rings (SSSR count). The normalized spacial score (nSPS) is 10.6. The van der Waals surface area contributed by atoms with Gasteiger partial charge in [0.15, 0.2) is 0 Å². The van der Waals surface area contributed by atoms with E-state index in [1.165, 1.54) is 12.1 Å². The summed E-state index contributed by atoms with van der Waals surface area (Å²) in [5, 5.41) is 9.21. The summed E-state index contributed by atoms with van der Waals surface area (Å²) in [4.78, 5) is 24.6. The topological polar surface area (TPSA) is 85.6 Å². The van der Waals surface area contributed by atoms with Crippen LogP contribution in [0.15, 0.2) is 42.5 Å². The van der Waals surface area contributed by atoms with Crippen molar-refractivity contribution in [2.45, 2.75) is 33.3 Å². The van der Waals surface area contributed by atoms with Gasteiger partial charge >= 0.3 is 12.1 Å². The predicted molar refractivity (Wildman–Crippen MR) is 94.2 cm³/mol. The Labute approximate surface area is 151 Å². The van der Waals surface area contributed by atoms with E-state index in [-0.39, 0.29) is 16.9 Å². The fraction of sp³-hybridized carbons (Fsp3) is 0.250. The third-order valence-corrected chi connectivity index (χ3v) is 3.29. The van der Waals surface area contributed by atoms with Gasteiger partial charge in [-0.15, -0.1) is 0 Å². The highest BCUT2D eigenvalue weighted by Gasteiger charge is 2.24. The van der Waals surface area contributed by atoms with Crippen LogP contribution in [0.5, 0.6) is 11.5 Å². The fourth-order valence-electron chi connectivity index (χ4n) is 2.15. The number of hydrogen-bond donors (Lipinski definition) is 0. The minimum Gasteiger partial charge on any atom is -0.428 e. The van der Waals surface area contributed by atoms with E-state index in [1.807, 2.05) is 6.07 Å². The van der Waals surface area contributed by atoms with Crippen LogP contribution in [0.25, 0.3) is 0 Å². The summed E-state index contributed by atoms with van der Waals surface area (Å²) < 4.78 is 15.6. The molecule has 0 N–H and O–H groups in total. The zero-order valence-corrected chi connectivity index (χ0v) is 15.0. The van der Waals surface area contributed by atoms with Crippen molar-refractivity contribution in [2.24, 2.45) is 0 Å². The van der Waals surface area contributed by atoms with E-state index in [1.54, 1.807) is 58.0 Å². The zero-order chi connectivity index (χ0) is 19.3. The maximum absolute atomic E-state index is 12.6. The van der Waals surface area contributed by atoms with Gasteiger partial charge in [0.2, 0.25) is 0 Å². The molecule has 0 fully saturated rings. The number of nitrogens with zero attached hydrogens (tertiary/aromatic N) is 1. The molecule has 0 heterocycles. The standard InChI is InChI=1S/C20H19NO5/c1-13-14(12-21)10-11-16(25-19(23)26-20(2,3)4)17(13)18(22)24-15-8-6-5-7-9-15/h5-11H,1-4H3. The number of carbonyl (C=O) groups is 2. The summed E-state index contributed by atoms with van der Waals surface area (Å²) in [6.07, 6.45) is -0.949. The summed E-state index contributed by atoms with van der Waals surface area (Å²) >= 11 is 0. The molecule has 0 saturated heterocycles. The van der Waals surface area contributed by atoms with Crippen LogP contribution in [0.1, 0.15) is 42.3 Å². The first-order chi connectivity index (χ1) is 12.2. The van der Waals surface area contributed by atoms with E-state index >= 15 is 0 Å². The zero-order valence-electron chi connectivity index (χ0n) is 15.0. The second-order valence-corrected chi connectivity index (χ2v) is 6.49. The molecule has 0 saturated carbocycles. The minimum absolute atomic E-state index is 0.00115. The van der Waals surface area contributed by atoms with Crippen LogP contribution in [-0.2, 0) is 4.74 Å². The molecule has 134 valence electrons. The maximum Gasteiger partial charge on any atom is 0.514 e. The van der Waals surface area contributed by atoms with Gasteiger partial charge in [0.1, 0.15) is 22.7 Å². The molecule has 0 aliphatic rings. The number of ether oxygens (including phenoxy) is 3. The Kier molecular flexibility index (Phi) is 5.63. The molecule has 2 aromatic rings. The maximum atomic E-state index is 12.6. The lowest BCUT2D eigenvalue weighted by molar-refractivity contribution is 0.0204. The van der Waals surface area contributed by atoms with E-state index in [0.717, 1.165) is 0 Å². The Balaban J connectivity index is 2.37. The van der Waals surface area contributed by atoms with Crippen LogP contribution in [-0.4, -0.2) is 17.7 Å². The van der Waals surface area contributed by atoms with Crippen molar-refractivity contribution in [1.29, 1.82) is 5.26 Å². The van der Waals surface area contributed by atoms with Gasteiger partial charge in [-0.2, -0.15) is 5.26 Å². The van der Waals surface area contributed by atoms with Crippen molar-refractivity contribution in [1.82, 2.24) is 0 Å². The molecule has 0 atom stereocenters. The van der Waals surface area contributed by atoms with Crippen LogP contribution in [0.3, 0.4) is 0 Å². The third kappa shape index (κ3) is 4.84. The molecule has 0 bridgehead atoms. The highest BCUT2D eigenvalue weighted by molar-refractivity contribution is 5.96. The molecule has 2 aromatic carbocycles. The molecule has 26 heavy (non-hydrogen) atoms. The van der Waals surface area contributed by atoms with Crippen LogP contribution >= 0.6 is 0 Å². The summed E-state index contributed by atoms with van der Waals surface area (Å²) in [6.45, 7) is 6.68. The van der Waals surface area contributed by atoms with E-state index in [9.17, 15) is 14.9 Å². The SMILES string of the molecule is Cc1c(C#N)ccc(OC(=O)OC(C)(C)C)c1C(=O)Oc1ccccc1. The molecule has 6 nitrogen and oxygen atoms in total. The lowest BCUT2D eigenvalue weighted by Gasteiger charge is -2.19. The van der Waals surface area contributed by atoms with Gasteiger partial charge in [0.25, 0.3) is 0 Å². The van der Waals surface area contributed by atoms with Gasteiger partial charge in [-0.05, 0) is 57.5 Å². The first-order valence-electron chi connectivity index (χ1n) is 7.93. The van der Waals surface area contributed by atoms with Gasteiger partial charge in [-0.1, -0.05) is 18.2 Å². The van der Waals surface area contributed by atoms with Gasteiger partial charge < -0.3 is 14.2 Å². The second-order valence-electron chi connectivity index (χ2n) is 6.49. The van der Waals surface area contributed by atoms with Crippen molar-refractivity contribution in [3.05, 3.63) is 59.2 Å². The van der Waals surface area contributed by atoms with Crippen LogP contribution in [0.2, 0.25) is 0 Å². The van der Waals surface area contributed by atoms with Crippen LogP contribution in [0, 0.1) is 18.3 Å². The second kappa shape index (κ2) is 7.70. The Morgan fingerprint density at radius 1 is 1.00 bits per heavy atom. The monoisotopic (exact) mass is 353 g/mol. The molecule has 0 aliphatic carbocycles. The first-order valence-corrected chi connectivity index (χ1v) is 7.93. The molecule has 0 amide bonds. The van der Waals surface area contributed by atoms with Gasteiger partial charge in [-0.3, -0.25) is 0 Å². The van der Waals surface area contributed by atoms with Crippen molar-refractivity contribution in [3.63, 3.8) is 0 Å². The van der Waals surface area contributed by atoms with Crippen molar-refractivity contribution >= 4 is 12.1 Å². The lowest BCUT2D eigenvalue weighted by atomic mass is 10.0. The van der Waals surface area contributed by atoms with Gasteiger partial charge in [-0.25, -0.2) is 9.59 Å². The Morgan fingerprint density at radius 3 is 2.23 bits per heavy atom. The van der Waals surface area contributed by atoms with Crippen molar-refractivity contribution in [2.75, 3.05) is 0 Å². The first kappa shape index (κ1) is 19.0. The van der Waals surface area contributed by atoms with E-state index in [0.29, 0.717) is 11.3 Å².